The number of hydrogen-bond acceptors (Lipinski definition) is 6. The molecule has 0 unspecified atom stereocenters. The van der Waals surface area contributed by atoms with E-state index < -0.39 is 28.3 Å². The quantitative estimate of drug-likeness (QED) is 0.170. The average Bonchev–Trinajstić information content (AvgIpc) is 3.32. The molecule has 0 radical (unpaired) electrons. The normalized spacial score (nSPS) is 11.2. The molecule has 1 amide bonds. The van der Waals surface area contributed by atoms with E-state index >= 15 is 0 Å². The zero-order chi connectivity index (χ0) is 27.4. The number of furan rings is 1. The van der Waals surface area contributed by atoms with Crippen molar-refractivity contribution in [3.63, 3.8) is 0 Å². The molecule has 4 aromatic rings. The summed E-state index contributed by atoms with van der Waals surface area (Å²) in [6, 6.07) is 14.8. The lowest BCUT2D eigenvalue weighted by Crippen LogP contribution is -2.11. The molecular formula is C25H15Cl2F3N2O6. The first-order chi connectivity index (χ1) is 18.0. The maximum Gasteiger partial charge on any atom is 0.416 e. The highest BCUT2D eigenvalue weighted by atomic mass is 35.5. The van der Waals surface area contributed by atoms with E-state index in [0.717, 1.165) is 30.3 Å². The number of anilines is 1. The van der Waals surface area contributed by atoms with Gasteiger partial charge in [0.25, 0.3) is 11.6 Å². The number of carbonyl (C=O) groups excluding carboxylic acids is 1. The third-order valence-corrected chi connectivity index (χ3v) is 5.44. The molecule has 1 aromatic heterocycles. The Morgan fingerprint density at radius 1 is 1.00 bits per heavy atom. The van der Waals surface area contributed by atoms with Crippen molar-refractivity contribution in [1.29, 1.82) is 0 Å². The number of alkyl halides is 3. The summed E-state index contributed by atoms with van der Waals surface area (Å²) in [4.78, 5) is 23.3. The van der Waals surface area contributed by atoms with Crippen LogP contribution >= 0.6 is 23.2 Å². The molecule has 0 saturated heterocycles. The molecule has 1 heterocycles. The average molecular weight is 567 g/mol. The number of halogens is 5. The molecule has 0 saturated carbocycles. The second kappa shape index (κ2) is 11.0. The highest BCUT2D eigenvalue weighted by Crippen LogP contribution is 2.35. The van der Waals surface area contributed by atoms with Gasteiger partial charge in [0, 0.05) is 17.2 Å². The van der Waals surface area contributed by atoms with Gasteiger partial charge in [-0.15, -0.1) is 0 Å². The highest BCUT2D eigenvalue weighted by molar-refractivity contribution is 6.35. The summed E-state index contributed by atoms with van der Waals surface area (Å²) in [6.07, 6.45) is -4.60. The topological polar surface area (TPSA) is 104 Å². The Hall–Kier alpha value is -4.22. The van der Waals surface area contributed by atoms with E-state index in [9.17, 15) is 28.1 Å². The van der Waals surface area contributed by atoms with Crippen molar-refractivity contribution < 1.29 is 36.8 Å². The van der Waals surface area contributed by atoms with Crippen LogP contribution in [0.2, 0.25) is 10.0 Å². The Balaban J connectivity index is 1.48. The molecular weight excluding hydrogens is 552 g/mol. The van der Waals surface area contributed by atoms with E-state index in [1.165, 1.54) is 30.3 Å². The molecule has 0 aliphatic rings. The van der Waals surface area contributed by atoms with Crippen molar-refractivity contribution in [2.75, 3.05) is 5.32 Å². The van der Waals surface area contributed by atoms with Crippen LogP contribution in [0.5, 0.6) is 17.2 Å². The minimum absolute atomic E-state index is 0.0478. The van der Waals surface area contributed by atoms with Gasteiger partial charge in [-0.2, -0.15) is 13.2 Å². The number of rotatable bonds is 8. The molecule has 4 rings (SSSR count). The van der Waals surface area contributed by atoms with Gasteiger partial charge in [-0.3, -0.25) is 14.9 Å². The van der Waals surface area contributed by atoms with Crippen LogP contribution in [0.4, 0.5) is 24.5 Å². The Bertz CT molecular complexity index is 1510. The summed E-state index contributed by atoms with van der Waals surface area (Å²) in [6.45, 7) is -0.0551. The number of nitrogens with one attached hydrogen (secondary N) is 1. The van der Waals surface area contributed by atoms with Crippen molar-refractivity contribution in [2.45, 2.75) is 12.8 Å². The van der Waals surface area contributed by atoms with Crippen molar-refractivity contribution in [2.24, 2.45) is 0 Å². The van der Waals surface area contributed by atoms with Crippen LogP contribution < -0.4 is 14.8 Å². The minimum Gasteiger partial charge on any atom is -0.484 e. The molecule has 38 heavy (non-hydrogen) atoms. The second-order valence-corrected chi connectivity index (χ2v) is 8.53. The van der Waals surface area contributed by atoms with Gasteiger partial charge in [0.05, 0.1) is 27.3 Å². The summed E-state index contributed by atoms with van der Waals surface area (Å²) in [5.74, 6) is -0.600. The van der Waals surface area contributed by atoms with Gasteiger partial charge >= 0.3 is 6.18 Å². The fourth-order valence-corrected chi connectivity index (χ4v) is 3.67. The van der Waals surface area contributed by atoms with Gasteiger partial charge in [0.1, 0.15) is 29.6 Å². The predicted octanol–water partition coefficient (Wildman–Crippen LogP) is 8.14. The van der Waals surface area contributed by atoms with Gasteiger partial charge in [-0.05, 0) is 48.5 Å². The molecule has 0 aliphatic carbocycles. The molecule has 0 spiro atoms. The first kappa shape index (κ1) is 26.8. The summed E-state index contributed by atoms with van der Waals surface area (Å²) in [5, 5.41) is 14.5. The molecule has 8 nitrogen and oxygen atoms in total. The van der Waals surface area contributed by atoms with Crippen LogP contribution in [-0.2, 0) is 12.8 Å². The van der Waals surface area contributed by atoms with Gasteiger partial charge in [-0.25, -0.2) is 0 Å². The Kier molecular flexibility index (Phi) is 7.79. The monoisotopic (exact) mass is 566 g/mol. The predicted molar refractivity (Wildman–Crippen MR) is 132 cm³/mol. The van der Waals surface area contributed by atoms with E-state index in [1.54, 1.807) is 12.1 Å². The number of benzene rings is 3. The zero-order valence-electron chi connectivity index (χ0n) is 18.9. The van der Waals surface area contributed by atoms with Crippen LogP contribution in [0.15, 0.2) is 77.2 Å². The molecule has 0 fully saturated rings. The largest absolute Gasteiger partial charge is 0.484 e. The number of ether oxygens (including phenoxy) is 2. The van der Waals surface area contributed by atoms with E-state index in [-0.39, 0.29) is 40.3 Å². The van der Waals surface area contributed by atoms with E-state index in [2.05, 4.69) is 5.32 Å². The lowest BCUT2D eigenvalue weighted by atomic mass is 10.2. The first-order valence-electron chi connectivity index (χ1n) is 10.6. The molecule has 13 heteroatoms. The zero-order valence-corrected chi connectivity index (χ0v) is 20.4. The lowest BCUT2D eigenvalue weighted by Gasteiger charge is -2.11. The third kappa shape index (κ3) is 6.75. The number of amides is 1. The third-order valence-electron chi connectivity index (χ3n) is 4.91. The molecule has 3 aromatic carbocycles. The number of nitrogens with zero attached hydrogens (tertiary/aromatic N) is 1. The standard InChI is InChI=1S/C25H15Cl2F3N2O6/c26-15-4-6-22(21(27)9-15)36-13-19-5-7-23(38-19)24(33)31-16-10-17(32(34)35)12-20(11-16)37-18-3-1-2-14(8-18)25(28,29)30/h1-12H,13H2,(H,31,33). The van der Waals surface area contributed by atoms with Gasteiger partial charge in [-0.1, -0.05) is 29.3 Å². The summed E-state index contributed by atoms with van der Waals surface area (Å²) >= 11 is 11.9. The number of nitro benzene ring substituents is 1. The van der Waals surface area contributed by atoms with Crippen molar-refractivity contribution in [1.82, 2.24) is 0 Å². The fourth-order valence-electron chi connectivity index (χ4n) is 3.20. The smallest absolute Gasteiger partial charge is 0.416 e. The molecule has 0 atom stereocenters. The summed E-state index contributed by atoms with van der Waals surface area (Å²) < 4.78 is 55.4. The van der Waals surface area contributed by atoms with Gasteiger partial charge < -0.3 is 19.2 Å². The number of nitro groups is 1. The lowest BCUT2D eigenvalue weighted by molar-refractivity contribution is -0.384. The minimum atomic E-state index is -4.60. The van der Waals surface area contributed by atoms with Crippen LogP contribution in [0, 0.1) is 10.1 Å². The Labute approximate surface area is 222 Å². The van der Waals surface area contributed by atoms with Crippen LogP contribution in [-0.4, -0.2) is 10.8 Å². The summed E-state index contributed by atoms with van der Waals surface area (Å²) in [7, 11) is 0. The van der Waals surface area contributed by atoms with Crippen molar-refractivity contribution in [3.05, 3.63) is 110 Å². The molecule has 0 bridgehead atoms. The van der Waals surface area contributed by atoms with E-state index in [0.29, 0.717) is 10.8 Å². The summed E-state index contributed by atoms with van der Waals surface area (Å²) in [5.41, 5.74) is -1.46. The number of non-ortho nitro benzene ring substituents is 1. The maximum absolute atomic E-state index is 13.0. The fraction of sp³-hybridized carbons (Fsp3) is 0.0800. The van der Waals surface area contributed by atoms with Crippen LogP contribution in [0.1, 0.15) is 21.9 Å². The highest BCUT2D eigenvalue weighted by Gasteiger charge is 2.30. The number of carbonyl (C=O) groups is 1. The van der Waals surface area contributed by atoms with Crippen molar-refractivity contribution in [3.8, 4) is 17.2 Å². The number of hydrogen-bond donors (Lipinski definition) is 1. The molecule has 1 N–H and O–H groups in total. The van der Waals surface area contributed by atoms with Crippen LogP contribution in [0.25, 0.3) is 0 Å². The molecule has 196 valence electrons. The SMILES string of the molecule is O=C(Nc1cc(Oc2cccc(C(F)(F)F)c2)cc([N+](=O)[O-])c1)c1ccc(COc2ccc(Cl)cc2Cl)o1. The second-order valence-electron chi connectivity index (χ2n) is 7.68. The van der Waals surface area contributed by atoms with E-state index in [4.69, 9.17) is 37.1 Å². The van der Waals surface area contributed by atoms with Gasteiger partial charge in [0.15, 0.2) is 5.76 Å². The van der Waals surface area contributed by atoms with Gasteiger partial charge in [0.2, 0.25) is 0 Å². The van der Waals surface area contributed by atoms with E-state index in [1.807, 2.05) is 0 Å². The van der Waals surface area contributed by atoms with Crippen molar-refractivity contribution >= 4 is 40.5 Å². The first-order valence-corrected chi connectivity index (χ1v) is 11.4. The molecule has 0 aliphatic heterocycles. The van der Waals surface area contributed by atoms with Crippen LogP contribution in [0.3, 0.4) is 0 Å². The Morgan fingerprint density at radius 3 is 2.50 bits per heavy atom. The Morgan fingerprint density at radius 2 is 1.79 bits per heavy atom. The maximum atomic E-state index is 13.0.